The van der Waals surface area contributed by atoms with Crippen LogP contribution < -0.4 is 15.2 Å². The molecule has 0 spiro atoms. The summed E-state index contributed by atoms with van der Waals surface area (Å²) in [5.41, 5.74) is 6.33. The van der Waals surface area contributed by atoms with Crippen molar-refractivity contribution in [1.82, 2.24) is 0 Å². The standard InChI is InChI=1S/C24H35NO11/c1-6-11-32-23(29)35-17-10-9-16(13-18(17)36-24(30)33-12-7-2)19(20(25)21(26)27)14(4)15(5)34-22(28)31-8-3/h9-10,13-15,19-20H,6-8,11-12,25H2,1-5H3,(H,26,27)/t14?,15?,19?,20-/m0/s1. The van der Waals surface area contributed by atoms with E-state index in [0.29, 0.717) is 18.4 Å². The van der Waals surface area contributed by atoms with Gasteiger partial charge in [0.25, 0.3) is 0 Å². The molecule has 3 unspecified atom stereocenters. The van der Waals surface area contributed by atoms with Crippen LogP contribution in [0.2, 0.25) is 0 Å². The first kappa shape index (κ1) is 30.5. The number of carbonyl (C=O) groups excluding carboxylic acids is 3. The van der Waals surface area contributed by atoms with Gasteiger partial charge in [-0.1, -0.05) is 26.8 Å². The van der Waals surface area contributed by atoms with Gasteiger partial charge in [-0.3, -0.25) is 4.79 Å². The molecule has 0 aliphatic heterocycles. The van der Waals surface area contributed by atoms with Gasteiger partial charge in [0.15, 0.2) is 11.5 Å². The number of carboxylic acid groups (broad SMARTS) is 1. The molecular weight excluding hydrogens is 478 g/mol. The third kappa shape index (κ3) is 9.61. The molecule has 3 N–H and O–H groups in total. The van der Waals surface area contributed by atoms with Crippen LogP contribution in [0.1, 0.15) is 58.9 Å². The van der Waals surface area contributed by atoms with Crippen LogP contribution in [0.4, 0.5) is 14.4 Å². The number of carboxylic acids is 1. The summed E-state index contributed by atoms with van der Waals surface area (Å²) in [6, 6.07) is 2.68. The van der Waals surface area contributed by atoms with Crippen molar-refractivity contribution in [3.05, 3.63) is 23.8 Å². The predicted octanol–water partition coefficient (Wildman–Crippen LogP) is 4.23. The maximum Gasteiger partial charge on any atom is 0.513 e. The molecule has 0 aliphatic carbocycles. The van der Waals surface area contributed by atoms with E-state index in [0.717, 1.165) is 0 Å². The SMILES string of the molecule is CCCOC(=O)Oc1ccc(C(C(C)C(C)OC(=O)OCC)[C@H](N)C(=O)O)cc1OC(=O)OCCC. The Morgan fingerprint density at radius 1 is 0.861 bits per heavy atom. The Morgan fingerprint density at radius 2 is 1.42 bits per heavy atom. The second-order valence-electron chi connectivity index (χ2n) is 7.86. The van der Waals surface area contributed by atoms with E-state index in [1.165, 1.54) is 18.2 Å². The summed E-state index contributed by atoms with van der Waals surface area (Å²) in [4.78, 5) is 47.7. The van der Waals surface area contributed by atoms with Crippen LogP contribution in [0.5, 0.6) is 11.5 Å². The maximum absolute atomic E-state index is 12.1. The van der Waals surface area contributed by atoms with Crippen molar-refractivity contribution < 1.29 is 52.7 Å². The predicted molar refractivity (Wildman–Crippen MR) is 126 cm³/mol. The zero-order valence-electron chi connectivity index (χ0n) is 21.2. The van der Waals surface area contributed by atoms with Gasteiger partial charge < -0.3 is 39.3 Å². The summed E-state index contributed by atoms with van der Waals surface area (Å²) in [7, 11) is 0. The lowest BCUT2D eigenvalue weighted by molar-refractivity contribution is -0.139. The summed E-state index contributed by atoms with van der Waals surface area (Å²) in [5.74, 6) is -3.21. The minimum atomic E-state index is -1.42. The molecule has 0 saturated carbocycles. The molecule has 0 amide bonds. The molecule has 1 rings (SSSR count). The topological polar surface area (TPSA) is 170 Å². The summed E-state index contributed by atoms with van der Waals surface area (Å²) in [6.45, 7) is 8.77. The van der Waals surface area contributed by atoms with Gasteiger partial charge in [0, 0.05) is 11.8 Å². The minimum Gasteiger partial charge on any atom is -0.480 e. The average molecular weight is 514 g/mol. The molecule has 0 heterocycles. The Balaban J connectivity index is 3.39. The quantitative estimate of drug-likeness (QED) is 0.219. The van der Waals surface area contributed by atoms with E-state index < -0.39 is 48.4 Å². The van der Waals surface area contributed by atoms with Gasteiger partial charge in [-0.05, 0) is 44.4 Å². The van der Waals surface area contributed by atoms with E-state index >= 15 is 0 Å². The Hall–Kier alpha value is -3.54. The van der Waals surface area contributed by atoms with E-state index in [4.69, 9.17) is 34.2 Å². The number of benzene rings is 1. The van der Waals surface area contributed by atoms with Gasteiger partial charge in [0.05, 0.1) is 19.8 Å². The normalized spacial score (nSPS) is 13.9. The number of ether oxygens (including phenoxy) is 6. The van der Waals surface area contributed by atoms with Crippen molar-refractivity contribution in [2.75, 3.05) is 19.8 Å². The summed E-state index contributed by atoms with van der Waals surface area (Å²) >= 11 is 0. The molecule has 202 valence electrons. The first-order valence-electron chi connectivity index (χ1n) is 11.7. The van der Waals surface area contributed by atoms with Crippen LogP contribution in [0.15, 0.2) is 18.2 Å². The number of rotatable bonds is 13. The molecule has 0 aliphatic rings. The maximum atomic E-state index is 12.1. The Kier molecular flexibility index (Phi) is 13.1. The van der Waals surface area contributed by atoms with Crippen LogP contribution >= 0.6 is 0 Å². The molecule has 12 nitrogen and oxygen atoms in total. The average Bonchev–Trinajstić information content (AvgIpc) is 2.82. The number of carbonyl (C=O) groups is 4. The van der Waals surface area contributed by atoms with Gasteiger partial charge >= 0.3 is 24.4 Å². The van der Waals surface area contributed by atoms with Crippen LogP contribution in [0, 0.1) is 5.92 Å². The van der Waals surface area contributed by atoms with Crippen LogP contribution in [-0.2, 0) is 23.7 Å². The van der Waals surface area contributed by atoms with E-state index in [1.807, 2.05) is 0 Å². The number of hydrogen-bond acceptors (Lipinski definition) is 11. The second kappa shape index (κ2) is 15.5. The molecule has 0 saturated heterocycles. The molecule has 0 fully saturated rings. The lowest BCUT2D eigenvalue weighted by atomic mass is 9.79. The first-order valence-corrected chi connectivity index (χ1v) is 11.7. The lowest BCUT2D eigenvalue weighted by Gasteiger charge is -2.31. The van der Waals surface area contributed by atoms with Crippen molar-refractivity contribution in [2.45, 2.75) is 65.5 Å². The number of aliphatic carboxylic acids is 1. The lowest BCUT2D eigenvalue weighted by Crippen LogP contribution is -2.42. The first-order chi connectivity index (χ1) is 17.0. The molecule has 4 atom stereocenters. The molecule has 36 heavy (non-hydrogen) atoms. The van der Waals surface area contributed by atoms with Crippen molar-refractivity contribution in [1.29, 1.82) is 0 Å². The highest BCUT2D eigenvalue weighted by Crippen LogP contribution is 2.37. The Labute approximate surface area is 209 Å². The minimum absolute atomic E-state index is 0.0967. The van der Waals surface area contributed by atoms with E-state index in [1.54, 1.807) is 34.6 Å². The van der Waals surface area contributed by atoms with Crippen LogP contribution in [0.3, 0.4) is 0 Å². The van der Waals surface area contributed by atoms with Gasteiger partial charge in [0.2, 0.25) is 0 Å². The Bertz CT molecular complexity index is 889. The highest BCUT2D eigenvalue weighted by Gasteiger charge is 2.36. The van der Waals surface area contributed by atoms with Gasteiger partial charge in [-0.25, -0.2) is 14.4 Å². The monoisotopic (exact) mass is 513 g/mol. The zero-order valence-corrected chi connectivity index (χ0v) is 21.2. The fourth-order valence-corrected chi connectivity index (χ4v) is 3.20. The highest BCUT2D eigenvalue weighted by atomic mass is 16.7. The van der Waals surface area contributed by atoms with Crippen molar-refractivity contribution in [3.8, 4) is 11.5 Å². The van der Waals surface area contributed by atoms with Crippen molar-refractivity contribution in [2.24, 2.45) is 11.7 Å². The highest BCUT2D eigenvalue weighted by molar-refractivity contribution is 5.75. The smallest absolute Gasteiger partial charge is 0.480 e. The van der Waals surface area contributed by atoms with E-state index in [9.17, 15) is 24.3 Å². The number of nitrogens with two attached hydrogens (primary N) is 1. The molecule has 1 aromatic rings. The summed E-state index contributed by atoms with van der Waals surface area (Å²) in [6.07, 6.45) is -2.64. The molecule has 1 aromatic carbocycles. The van der Waals surface area contributed by atoms with Gasteiger partial charge in [-0.2, -0.15) is 0 Å². The fraction of sp³-hybridized carbons (Fsp3) is 0.583. The fourth-order valence-electron chi connectivity index (χ4n) is 3.20. The van der Waals surface area contributed by atoms with Crippen LogP contribution in [0.25, 0.3) is 0 Å². The zero-order chi connectivity index (χ0) is 27.3. The van der Waals surface area contributed by atoms with Gasteiger partial charge in [-0.15, -0.1) is 0 Å². The number of hydrogen-bond donors (Lipinski definition) is 2. The van der Waals surface area contributed by atoms with Gasteiger partial charge in [0.1, 0.15) is 12.1 Å². The summed E-state index contributed by atoms with van der Waals surface area (Å²) < 4.78 is 30.3. The molecular formula is C24H35NO11. The van der Waals surface area contributed by atoms with Crippen molar-refractivity contribution >= 4 is 24.4 Å². The molecule has 12 heteroatoms. The molecule has 0 bridgehead atoms. The third-order valence-electron chi connectivity index (χ3n) is 5.11. The molecule has 0 aromatic heterocycles. The van der Waals surface area contributed by atoms with Crippen molar-refractivity contribution in [3.63, 3.8) is 0 Å². The Morgan fingerprint density at radius 3 is 1.92 bits per heavy atom. The van der Waals surface area contributed by atoms with Crippen LogP contribution in [-0.4, -0.2) is 61.5 Å². The largest absolute Gasteiger partial charge is 0.513 e. The second-order valence-corrected chi connectivity index (χ2v) is 7.86. The molecule has 0 radical (unpaired) electrons. The third-order valence-corrected chi connectivity index (χ3v) is 5.11. The van der Waals surface area contributed by atoms with E-state index in [-0.39, 0.29) is 31.3 Å². The van der Waals surface area contributed by atoms with E-state index in [2.05, 4.69) is 0 Å². The summed E-state index contributed by atoms with van der Waals surface area (Å²) in [5, 5.41) is 9.63.